The fourth-order valence-corrected chi connectivity index (χ4v) is 3.21. The summed E-state index contributed by atoms with van der Waals surface area (Å²) in [4.78, 5) is 19.4. The molecule has 2 aromatic rings. The molecule has 1 amide bonds. The van der Waals surface area contributed by atoms with Gasteiger partial charge in [-0.2, -0.15) is 0 Å². The first-order valence-electron chi connectivity index (χ1n) is 8.13. The Morgan fingerprint density at radius 2 is 2.18 bits per heavy atom. The quantitative estimate of drug-likeness (QED) is 0.850. The lowest BCUT2D eigenvalue weighted by Crippen LogP contribution is -2.37. The third-order valence-corrected chi connectivity index (χ3v) is 4.27. The number of hydrogen-bond acceptors (Lipinski definition) is 2. The molecule has 0 fully saturated rings. The van der Waals surface area contributed by atoms with Gasteiger partial charge in [0.15, 0.2) is 0 Å². The Balaban J connectivity index is 1.79. The average Bonchev–Trinajstić information content (AvgIpc) is 3.03. The van der Waals surface area contributed by atoms with Crippen LogP contribution in [0.15, 0.2) is 42.7 Å². The lowest BCUT2D eigenvalue weighted by atomic mass is 9.97. The van der Waals surface area contributed by atoms with Gasteiger partial charge in [0, 0.05) is 32.0 Å². The first-order chi connectivity index (χ1) is 10.8. The molecule has 1 aliphatic heterocycles. The molecule has 1 atom stereocenters. The van der Waals surface area contributed by atoms with E-state index >= 15 is 0 Å². The van der Waals surface area contributed by atoms with E-state index in [4.69, 9.17) is 0 Å². The first kappa shape index (κ1) is 14.8. The van der Waals surface area contributed by atoms with E-state index in [-0.39, 0.29) is 11.8 Å². The molecular weight excluding hydrogens is 274 g/mol. The number of aryl methyl sites for hydroxylation is 1. The van der Waals surface area contributed by atoms with Crippen molar-refractivity contribution in [2.75, 3.05) is 6.54 Å². The number of aromatic nitrogens is 2. The second kappa shape index (κ2) is 6.77. The molecule has 0 radical (unpaired) electrons. The van der Waals surface area contributed by atoms with Crippen LogP contribution in [0, 0.1) is 0 Å². The summed E-state index contributed by atoms with van der Waals surface area (Å²) in [5, 5.41) is 0. The van der Waals surface area contributed by atoms with Gasteiger partial charge in [-0.05, 0) is 24.8 Å². The van der Waals surface area contributed by atoms with E-state index in [9.17, 15) is 4.79 Å². The minimum atomic E-state index is -0.0842. The van der Waals surface area contributed by atoms with Gasteiger partial charge in [0.2, 0.25) is 5.91 Å². The molecule has 116 valence electrons. The van der Waals surface area contributed by atoms with Crippen molar-refractivity contribution in [1.82, 2.24) is 14.5 Å². The van der Waals surface area contributed by atoms with Gasteiger partial charge in [-0.15, -0.1) is 0 Å². The molecule has 0 saturated carbocycles. The monoisotopic (exact) mass is 297 g/mol. The zero-order valence-corrected chi connectivity index (χ0v) is 13.1. The van der Waals surface area contributed by atoms with E-state index in [0.29, 0.717) is 6.54 Å². The Morgan fingerprint density at radius 3 is 2.95 bits per heavy atom. The summed E-state index contributed by atoms with van der Waals surface area (Å²) in [5.74, 6) is 1.07. The lowest BCUT2D eigenvalue weighted by molar-refractivity contribution is -0.134. The van der Waals surface area contributed by atoms with Crippen LogP contribution < -0.4 is 0 Å². The number of rotatable bonds is 5. The molecule has 2 heterocycles. The molecule has 1 aromatic heterocycles. The molecule has 4 nitrogen and oxygen atoms in total. The van der Waals surface area contributed by atoms with Crippen molar-refractivity contribution in [3.8, 4) is 0 Å². The number of nitrogens with zero attached hydrogens (tertiary/aromatic N) is 3. The number of benzene rings is 1. The fourth-order valence-electron chi connectivity index (χ4n) is 3.21. The van der Waals surface area contributed by atoms with Crippen molar-refractivity contribution in [3.63, 3.8) is 0 Å². The number of carbonyl (C=O) groups excluding carboxylic acids is 1. The Morgan fingerprint density at radius 1 is 1.36 bits per heavy atom. The maximum atomic E-state index is 13.0. The highest BCUT2D eigenvalue weighted by Gasteiger charge is 2.31. The molecule has 0 saturated heterocycles. The van der Waals surface area contributed by atoms with E-state index in [1.807, 2.05) is 35.5 Å². The van der Waals surface area contributed by atoms with Gasteiger partial charge in [0.25, 0.3) is 0 Å². The number of carbonyl (C=O) groups is 1. The number of fused-ring (bicyclic) bond motifs is 1. The Labute approximate surface area is 131 Å². The van der Waals surface area contributed by atoms with Crippen LogP contribution in [-0.2, 0) is 17.9 Å². The molecule has 1 aliphatic rings. The van der Waals surface area contributed by atoms with Crippen LogP contribution in [0.3, 0.4) is 0 Å². The normalized spacial score (nSPS) is 17.0. The predicted molar refractivity (Wildman–Crippen MR) is 86.4 cm³/mol. The molecule has 4 heteroatoms. The van der Waals surface area contributed by atoms with Gasteiger partial charge in [-0.3, -0.25) is 4.79 Å². The highest BCUT2D eigenvalue weighted by molar-refractivity contribution is 5.83. The minimum absolute atomic E-state index is 0.0842. The molecule has 1 aromatic carbocycles. The molecule has 1 unspecified atom stereocenters. The molecule has 22 heavy (non-hydrogen) atoms. The number of imidazole rings is 1. The molecule has 0 N–H and O–H groups in total. The van der Waals surface area contributed by atoms with Crippen molar-refractivity contribution in [2.45, 2.75) is 45.2 Å². The van der Waals surface area contributed by atoms with E-state index in [2.05, 4.69) is 28.6 Å². The van der Waals surface area contributed by atoms with Gasteiger partial charge >= 0.3 is 0 Å². The zero-order chi connectivity index (χ0) is 15.4. The fraction of sp³-hybridized carbons (Fsp3) is 0.444. The topological polar surface area (TPSA) is 38.1 Å². The number of hydrogen-bond donors (Lipinski definition) is 0. The van der Waals surface area contributed by atoms with Crippen molar-refractivity contribution in [2.24, 2.45) is 0 Å². The van der Waals surface area contributed by atoms with Crippen LogP contribution in [0.25, 0.3) is 0 Å². The summed E-state index contributed by atoms with van der Waals surface area (Å²) < 4.78 is 2.12. The molecule has 0 bridgehead atoms. The van der Waals surface area contributed by atoms with Crippen LogP contribution in [0.1, 0.15) is 43.5 Å². The summed E-state index contributed by atoms with van der Waals surface area (Å²) in [5.41, 5.74) is 1.18. The maximum Gasteiger partial charge on any atom is 0.233 e. The second-order valence-electron chi connectivity index (χ2n) is 5.92. The third kappa shape index (κ3) is 3.06. The van der Waals surface area contributed by atoms with E-state index < -0.39 is 0 Å². The summed E-state index contributed by atoms with van der Waals surface area (Å²) in [6, 6.07) is 10.2. The van der Waals surface area contributed by atoms with Crippen molar-refractivity contribution >= 4 is 5.91 Å². The standard InChI is InChI=1S/C18H23N3O/c1-2-11-21(14-15-7-4-3-5-8-15)18(22)16-9-6-12-20-13-10-19-17(16)20/h3-5,7-8,10,13,16H,2,6,9,11-12,14H2,1H3. The van der Waals surface area contributed by atoms with E-state index in [0.717, 1.165) is 38.2 Å². The summed E-state index contributed by atoms with van der Waals surface area (Å²) in [7, 11) is 0. The summed E-state index contributed by atoms with van der Waals surface area (Å²) in [6.07, 6.45) is 6.72. The Hall–Kier alpha value is -2.10. The first-order valence-corrected chi connectivity index (χ1v) is 8.13. The SMILES string of the molecule is CCCN(Cc1ccccc1)C(=O)C1CCCn2ccnc21. The maximum absolute atomic E-state index is 13.0. The van der Waals surface area contributed by atoms with Crippen molar-refractivity contribution in [3.05, 3.63) is 54.1 Å². The summed E-state index contributed by atoms with van der Waals surface area (Å²) in [6.45, 7) is 4.58. The molecule has 0 aliphatic carbocycles. The smallest absolute Gasteiger partial charge is 0.233 e. The highest BCUT2D eigenvalue weighted by atomic mass is 16.2. The van der Waals surface area contributed by atoms with Gasteiger partial charge in [0.05, 0.1) is 5.92 Å². The van der Waals surface area contributed by atoms with Gasteiger partial charge in [0.1, 0.15) is 5.82 Å². The van der Waals surface area contributed by atoms with Crippen LogP contribution in [0.4, 0.5) is 0 Å². The molecule has 0 spiro atoms. The Kier molecular flexibility index (Phi) is 4.56. The van der Waals surface area contributed by atoms with Crippen LogP contribution in [0.5, 0.6) is 0 Å². The molecular formula is C18H23N3O. The van der Waals surface area contributed by atoms with Crippen molar-refractivity contribution < 1.29 is 4.79 Å². The Bertz CT molecular complexity index is 620. The van der Waals surface area contributed by atoms with Gasteiger partial charge in [-0.25, -0.2) is 4.98 Å². The zero-order valence-electron chi connectivity index (χ0n) is 13.1. The average molecular weight is 297 g/mol. The van der Waals surface area contributed by atoms with Gasteiger partial charge < -0.3 is 9.47 Å². The highest BCUT2D eigenvalue weighted by Crippen LogP contribution is 2.28. The van der Waals surface area contributed by atoms with Crippen LogP contribution in [0.2, 0.25) is 0 Å². The second-order valence-corrected chi connectivity index (χ2v) is 5.92. The minimum Gasteiger partial charge on any atom is -0.338 e. The predicted octanol–water partition coefficient (Wildman–Crippen LogP) is 3.20. The lowest BCUT2D eigenvalue weighted by Gasteiger charge is -2.29. The van der Waals surface area contributed by atoms with E-state index in [1.165, 1.54) is 5.56 Å². The summed E-state index contributed by atoms with van der Waals surface area (Å²) >= 11 is 0. The van der Waals surface area contributed by atoms with Crippen LogP contribution >= 0.6 is 0 Å². The number of amides is 1. The van der Waals surface area contributed by atoms with Gasteiger partial charge in [-0.1, -0.05) is 37.3 Å². The van der Waals surface area contributed by atoms with E-state index in [1.54, 1.807) is 0 Å². The third-order valence-electron chi connectivity index (χ3n) is 4.27. The largest absolute Gasteiger partial charge is 0.338 e. The molecule has 3 rings (SSSR count). The van der Waals surface area contributed by atoms with Crippen molar-refractivity contribution in [1.29, 1.82) is 0 Å². The van der Waals surface area contributed by atoms with Crippen LogP contribution in [-0.4, -0.2) is 26.9 Å².